The largest absolute Gasteiger partial charge is 0.479 e. The zero-order valence-electron chi connectivity index (χ0n) is 13.2. The second-order valence-corrected chi connectivity index (χ2v) is 5.70. The second kappa shape index (κ2) is 6.58. The average Bonchev–Trinajstić information content (AvgIpc) is 2.89. The first-order valence-corrected chi connectivity index (χ1v) is 7.69. The topological polar surface area (TPSA) is 82.2 Å². The molecule has 0 saturated heterocycles. The number of aryl methyl sites for hydroxylation is 1. The molecule has 1 aromatic heterocycles. The number of nitrogens with one attached hydrogen (secondary N) is 2. The van der Waals surface area contributed by atoms with Crippen LogP contribution in [0.3, 0.4) is 0 Å². The van der Waals surface area contributed by atoms with E-state index in [1.165, 1.54) is 0 Å². The van der Waals surface area contributed by atoms with Crippen molar-refractivity contribution in [2.75, 3.05) is 0 Å². The van der Waals surface area contributed by atoms with Crippen molar-refractivity contribution in [3.8, 4) is 0 Å². The highest BCUT2D eigenvalue weighted by Gasteiger charge is 2.22. The normalized spacial score (nSPS) is 12.0. The molecule has 3 rings (SSSR count). The lowest BCUT2D eigenvalue weighted by atomic mass is 10.0. The van der Waals surface area contributed by atoms with Gasteiger partial charge in [-0.2, -0.15) is 0 Å². The Bertz CT molecular complexity index is 884. The summed E-state index contributed by atoms with van der Waals surface area (Å²) in [7, 11) is 0. The summed E-state index contributed by atoms with van der Waals surface area (Å²) < 4.78 is 0. The summed E-state index contributed by atoms with van der Waals surface area (Å²) in [5, 5.41) is 13.0. The molecule has 0 bridgehead atoms. The molecule has 0 aliphatic rings. The number of aromatic nitrogens is 1. The van der Waals surface area contributed by atoms with Crippen LogP contribution < -0.4 is 5.32 Å². The van der Waals surface area contributed by atoms with Crippen molar-refractivity contribution in [2.45, 2.75) is 19.4 Å². The predicted octanol–water partition coefficient (Wildman–Crippen LogP) is 2.96. The molecule has 1 heterocycles. The van der Waals surface area contributed by atoms with Crippen molar-refractivity contribution in [3.63, 3.8) is 0 Å². The molecule has 1 unspecified atom stereocenters. The van der Waals surface area contributed by atoms with Gasteiger partial charge in [0.1, 0.15) is 0 Å². The maximum absolute atomic E-state index is 12.4. The highest BCUT2D eigenvalue weighted by molar-refractivity contribution is 5.91. The van der Waals surface area contributed by atoms with Gasteiger partial charge in [0.05, 0.1) is 6.42 Å². The average molecular weight is 322 g/mol. The van der Waals surface area contributed by atoms with Crippen LogP contribution in [-0.2, 0) is 16.0 Å². The molecule has 2 aromatic carbocycles. The van der Waals surface area contributed by atoms with Crippen LogP contribution in [0.4, 0.5) is 0 Å². The van der Waals surface area contributed by atoms with Gasteiger partial charge in [-0.1, -0.05) is 48.5 Å². The smallest absolute Gasteiger partial charge is 0.330 e. The van der Waals surface area contributed by atoms with Crippen molar-refractivity contribution < 1.29 is 14.7 Å². The van der Waals surface area contributed by atoms with Crippen LogP contribution >= 0.6 is 0 Å². The minimum Gasteiger partial charge on any atom is -0.479 e. The molecule has 5 heteroatoms. The fourth-order valence-electron chi connectivity index (χ4n) is 2.87. The molecule has 5 nitrogen and oxygen atoms in total. The number of carbonyl (C=O) groups excluding carboxylic acids is 1. The molecule has 0 spiro atoms. The number of benzene rings is 2. The van der Waals surface area contributed by atoms with Crippen LogP contribution in [0.1, 0.15) is 22.9 Å². The zero-order chi connectivity index (χ0) is 17.1. The van der Waals surface area contributed by atoms with Crippen molar-refractivity contribution in [1.29, 1.82) is 0 Å². The SMILES string of the molecule is Cc1[nH]c2ccccc2c1CC(=O)NC(C(=O)O)c1ccccc1. The van der Waals surface area contributed by atoms with E-state index < -0.39 is 12.0 Å². The molecule has 122 valence electrons. The maximum atomic E-state index is 12.4. The van der Waals surface area contributed by atoms with Crippen molar-refractivity contribution >= 4 is 22.8 Å². The fraction of sp³-hybridized carbons (Fsp3) is 0.158. The highest BCUT2D eigenvalue weighted by Crippen LogP contribution is 2.22. The first-order valence-electron chi connectivity index (χ1n) is 7.69. The quantitative estimate of drug-likeness (QED) is 0.675. The third kappa shape index (κ3) is 3.15. The summed E-state index contributed by atoms with van der Waals surface area (Å²) in [5.74, 6) is -1.40. The summed E-state index contributed by atoms with van der Waals surface area (Å²) in [6.07, 6.45) is 0.131. The van der Waals surface area contributed by atoms with Crippen LogP contribution in [0.15, 0.2) is 54.6 Å². The Balaban J connectivity index is 1.81. The number of rotatable bonds is 5. The number of carboxylic acid groups (broad SMARTS) is 1. The molecule has 3 N–H and O–H groups in total. The van der Waals surface area contributed by atoms with Crippen LogP contribution in [0.5, 0.6) is 0 Å². The Morgan fingerprint density at radius 3 is 2.46 bits per heavy atom. The standard InChI is InChI=1S/C19H18N2O3/c1-12-15(14-9-5-6-10-16(14)20-12)11-17(22)21-18(19(23)24)13-7-3-2-4-8-13/h2-10,18,20H,11H2,1H3,(H,21,22)(H,23,24). The number of aromatic amines is 1. The number of aliphatic carboxylic acids is 1. The summed E-state index contributed by atoms with van der Waals surface area (Å²) in [4.78, 5) is 27.1. The Labute approximate surface area is 139 Å². The maximum Gasteiger partial charge on any atom is 0.330 e. The molecule has 3 aromatic rings. The lowest BCUT2D eigenvalue weighted by Gasteiger charge is -2.15. The lowest BCUT2D eigenvalue weighted by Crippen LogP contribution is -2.34. The van der Waals surface area contributed by atoms with E-state index in [4.69, 9.17) is 0 Å². The Morgan fingerprint density at radius 1 is 1.08 bits per heavy atom. The summed E-state index contributed by atoms with van der Waals surface area (Å²) in [5.41, 5.74) is 3.32. The number of hydrogen-bond donors (Lipinski definition) is 3. The Morgan fingerprint density at radius 2 is 1.75 bits per heavy atom. The molecule has 0 radical (unpaired) electrons. The number of fused-ring (bicyclic) bond motifs is 1. The van der Waals surface area contributed by atoms with E-state index in [1.807, 2.05) is 31.2 Å². The minimum atomic E-state index is -1.08. The van der Waals surface area contributed by atoms with Gasteiger partial charge in [-0.25, -0.2) is 4.79 Å². The number of para-hydroxylation sites is 1. The first-order chi connectivity index (χ1) is 11.6. The van der Waals surface area contributed by atoms with Crippen molar-refractivity contribution in [3.05, 3.63) is 71.4 Å². The van der Waals surface area contributed by atoms with E-state index in [-0.39, 0.29) is 12.3 Å². The van der Waals surface area contributed by atoms with Crippen LogP contribution in [0, 0.1) is 6.92 Å². The molecular weight excluding hydrogens is 304 g/mol. The Kier molecular flexibility index (Phi) is 4.33. The molecule has 24 heavy (non-hydrogen) atoms. The van der Waals surface area contributed by atoms with Crippen LogP contribution in [0.25, 0.3) is 10.9 Å². The molecule has 1 amide bonds. The van der Waals surface area contributed by atoms with Gasteiger partial charge in [0.15, 0.2) is 6.04 Å². The molecule has 0 aliphatic carbocycles. The summed E-state index contributed by atoms with van der Waals surface area (Å²) in [6, 6.07) is 15.4. The number of amides is 1. The van der Waals surface area contributed by atoms with Gasteiger partial charge < -0.3 is 15.4 Å². The van der Waals surface area contributed by atoms with E-state index in [0.29, 0.717) is 5.56 Å². The second-order valence-electron chi connectivity index (χ2n) is 5.70. The van der Waals surface area contributed by atoms with E-state index in [2.05, 4.69) is 10.3 Å². The van der Waals surface area contributed by atoms with Gasteiger partial charge in [-0.15, -0.1) is 0 Å². The monoisotopic (exact) mass is 322 g/mol. The van der Waals surface area contributed by atoms with Crippen molar-refractivity contribution in [1.82, 2.24) is 10.3 Å². The minimum absolute atomic E-state index is 0.131. The number of carbonyl (C=O) groups is 2. The van der Waals surface area contributed by atoms with Gasteiger partial charge in [0, 0.05) is 16.6 Å². The van der Waals surface area contributed by atoms with Gasteiger partial charge in [0.2, 0.25) is 5.91 Å². The fourth-order valence-corrected chi connectivity index (χ4v) is 2.87. The lowest BCUT2D eigenvalue weighted by molar-refractivity contribution is -0.141. The first kappa shape index (κ1) is 15.8. The third-order valence-electron chi connectivity index (χ3n) is 4.05. The third-order valence-corrected chi connectivity index (χ3v) is 4.05. The Hall–Kier alpha value is -3.08. The molecule has 0 saturated carbocycles. The zero-order valence-corrected chi connectivity index (χ0v) is 13.2. The van der Waals surface area contributed by atoms with E-state index in [9.17, 15) is 14.7 Å². The summed E-state index contributed by atoms with van der Waals surface area (Å²) >= 11 is 0. The van der Waals surface area contributed by atoms with Gasteiger partial charge in [-0.05, 0) is 24.1 Å². The number of carboxylic acids is 1. The number of H-pyrrole nitrogens is 1. The predicted molar refractivity (Wildman–Crippen MR) is 91.7 cm³/mol. The van der Waals surface area contributed by atoms with E-state index >= 15 is 0 Å². The number of hydrogen-bond acceptors (Lipinski definition) is 2. The van der Waals surface area contributed by atoms with Gasteiger partial charge in [0.25, 0.3) is 0 Å². The van der Waals surface area contributed by atoms with E-state index in [0.717, 1.165) is 22.2 Å². The van der Waals surface area contributed by atoms with Crippen LogP contribution in [0.2, 0.25) is 0 Å². The highest BCUT2D eigenvalue weighted by atomic mass is 16.4. The molecular formula is C19H18N2O3. The summed E-state index contributed by atoms with van der Waals surface area (Å²) in [6.45, 7) is 1.91. The molecule has 0 aliphatic heterocycles. The van der Waals surface area contributed by atoms with E-state index in [1.54, 1.807) is 30.3 Å². The molecule has 1 atom stereocenters. The molecule has 0 fully saturated rings. The van der Waals surface area contributed by atoms with Gasteiger partial charge in [-0.3, -0.25) is 4.79 Å². The van der Waals surface area contributed by atoms with Crippen LogP contribution in [-0.4, -0.2) is 22.0 Å². The van der Waals surface area contributed by atoms with Crippen molar-refractivity contribution in [2.24, 2.45) is 0 Å². The van der Waals surface area contributed by atoms with Gasteiger partial charge >= 0.3 is 5.97 Å².